The number of benzene rings is 1. The predicted molar refractivity (Wildman–Crippen MR) is 157 cm³/mol. The lowest BCUT2D eigenvalue weighted by Gasteiger charge is -2.41. The van der Waals surface area contributed by atoms with Crippen LogP contribution >= 0.6 is 11.3 Å². The van der Waals surface area contributed by atoms with Crippen molar-refractivity contribution in [1.29, 1.82) is 0 Å². The molecule has 9 heteroatoms. The van der Waals surface area contributed by atoms with Crippen LogP contribution in [0.15, 0.2) is 35.3 Å². The van der Waals surface area contributed by atoms with Gasteiger partial charge in [-0.15, -0.1) is 11.3 Å². The van der Waals surface area contributed by atoms with Gasteiger partial charge in [-0.25, -0.2) is 4.79 Å². The lowest BCUT2D eigenvalue weighted by atomic mass is 10.0. The van der Waals surface area contributed by atoms with Gasteiger partial charge in [-0.3, -0.25) is 9.69 Å². The minimum absolute atomic E-state index is 0.00714. The van der Waals surface area contributed by atoms with Gasteiger partial charge < -0.3 is 23.7 Å². The van der Waals surface area contributed by atoms with E-state index < -0.39 is 5.60 Å². The van der Waals surface area contributed by atoms with Gasteiger partial charge in [0.2, 0.25) is 0 Å². The monoisotopic (exact) mass is 555 g/mol. The van der Waals surface area contributed by atoms with Crippen molar-refractivity contribution in [2.75, 3.05) is 33.9 Å². The van der Waals surface area contributed by atoms with E-state index in [1.165, 1.54) is 0 Å². The molecule has 0 bridgehead atoms. The first kappa shape index (κ1) is 29.0. The Kier molecular flexibility index (Phi) is 8.91. The number of rotatable bonds is 8. The standard InChI is InChI=1S/C30H41N3O5S/c1-8-9-10-21-17-32(13-14-33(21)29(35)38-30(2,3)4)18-22-16-23-27(39-22)24(19-31(5)28(23)34)20-11-12-25(36-6)26(15-20)37-7/h11-12,15-16,19,21H,8-10,13-14,17-18H2,1-7H3/t21-/m1/s1. The van der Waals surface area contributed by atoms with E-state index in [1.54, 1.807) is 37.2 Å². The number of hydrogen-bond acceptors (Lipinski definition) is 7. The molecule has 39 heavy (non-hydrogen) atoms. The summed E-state index contributed by atoms with van der Waals surface area (Å²) in [7, 11) is 5.03. The first-order chi connectivity index (χ1) is 18.5. The van der Waals surface area contributed by atoms with Crippen LogP contribution in [0.1, 0.15) is 51.8 Å². The van der Waals surface area contributed by atoms with E-state index >= 15 is 0 Å². The largest absolute Gasteiger partial charge is 0.493 e. The van der Waals surface area contributed by atoms with Gasteiger partial charge in [0.1, 0.15) is 5.60 Å². The highest BCUT2D eigenvalue weighted by Crippen LogP contribution is 2.38. The molecule has 1 saturated heterocycles. The molecule has 3 aromatic rings. The van der Waals surface area contributed by atoms with E-state index in [2.05, 4.69) is 11.8 Å². The van der Waals surface area contributed by atoms with Crippen LogP contribution in [0.2, 0.25) is 0 Å². The SMILES string of the molecule is CCCC[C@@H]1CN(Cc2cc3c(=O)n(C)cc(-c4ccc(OC)c(OC)c4)c3s2)CCN1C(=O)OC(C)(C)C. The van der Waals surface area contributed by atoms with Crippen LogP contribution in [-0.2, 0) is 18.3 Å². The molecule has 0 saturated carbocycles. The molecule has 0 radical (unpaired) electrons. The lowest BCUT2D eigenvalue weighted by Crippen LogP contribution is -2.55. The molecule has 4 rings (SSSR count). The molecule has 0 aliphatic carbocycles. The van der Waals surface area contributed by atoms with Gasteiger partial charge in [0.25, 0.3) is 5.56 Å². The normalized spacial score (nSPS) is 16.5. The second kappa shape index (κ2) is 12.0. The number of carbonyl (C=O) groups is 1. The molecule has 3 heterocycles. The zero-order valence-corrected chi connectivity index (χ0v) is 25.0. The van der Waals surface area contributed by atoms with E-state index in [-0.39, 0.29) is 17.7 Å². The molecule has 1 aromatic carbocycles. The first-order valence-corrected chi connectivity index (χ1v) is 14.4. The number of carbonyl (C=O) groups excluding carboxylic acids is 1. The van der Waals surface area contributed by atoms with Crippen LogP contribution in [0, 0.1) is 0 Å². The molecule has 1 atom stereocenters. The Morgan fingerprint density at radius 3 is 2.51 bits per heavy atom. The molecule has 0 unspecified atom stereocenters. The number of methoxy groups -OCH3 is 2. The fourth-order valence-corrected chi connectivity index (χ4v) is 6.34. The number of amides is 1. The maximum absolute atomic E-state index is 13.1. The maximum Gasteiger partial charge on any atom is 0.410 e. The number of fused-ring (bicyclic) bond motifs is 1. The van der Waals surface area contributed by atoms with E-state index in [0.717, 1.165) is 65.0 Å². The van der Waals surface area contributed by atoms with Gasteiger partial charge in [0.15, 0.2) is 11.5 Å². The first-order valence-electron chi connectivity index (χ1n) is 13.6. The van der Waals surface area contributed by atoms with Crippen molar-refractivity contribution in [2.45, 2.75) is 65.1 Å². The Bertz CT molecular complexity index is 1370. The van der Waals surface area contributed by atoms with Crippen molar-refractivity contribution in [1.82, 2.24) is 14.4 Å². The molecule has 1 aliphatic rings. The third kappa shape index (κ3) is 6.58. The Labute approximate surface area is 235 Å². The van der Waals surface area contributed by atoms with Gasteiger partial charge in [-0.05, 0) is 51.0 Å². The third-order valence-corrected chi connectivity index (χ3v) is 8.21. The molecular weight excluding hydrogens is 514 g/mol. The molecule has 1 amide bonds. The highest BCUT2D eigenvalue weighted by atomic mass is 32.1. The summed E-state index contributed by atoms with van der Waals surface area (Å²) in [6.07, 6.45) is 4.76. The number of ether oxygens (including phenoxy) is 3. The zero-order chi connectivity index (χ0) is 28.3. The summed E-state index contributed by atoms with van der Waals surface area (Å²) in [6, 6.07) is 7.98. The number of pyridine rings is 1. The molecular formula is C30H41N3O5S. The molecule has 0 spiro atoms. The number of thiophene rings is 1. The number of piperazine rings is 1. The fraction of sp³-hybridized carbons (Fsp3) is 0.533. The number of nitrogens with zero attached hydrogens (tertiary/aromatic N) is 3. The van der Waals surface area contributed by atoms with Crippen LogP contribution < -0.4 is 15.0 Å². The maximum atomic E-state index is 13.1. The van der Waals surface area contributed by atoms with E-state index in [9.17, 15) is 9.59 Å². The van der Waals surface area contributed by atoms with Crippen LogP contribution in [0.25, 0.3) is 21.2 Å². The average Bonchev–Trinajstić information content (AvgIpc) is 3.32. The second-order valence-electron chi connectivity index (χ2n) is 11.2. The van der Waals surface area contributed by atoms with Gasteiger partial charge in [0.05, 0.1) is 19.6 Å². The van der Waals surface area contributed by atoms with E-state index in [4.69, 9.17) is 14.2 Å². The smallest absolute Gasteiger partial charge is 0.410 e. The van der Waals surface area contributed by atoms with E-state index in [1.807, 2.05) is 56.1 Å². The molecule has 1 fully saturated rings. The van der Waals surface area contributed by atoms with E-state index in [0.29, 0.717) is 18.0 Å². The zero-order valence-electron chi connectivity index (χ0n) is 24.2. The van der Waals surface area contributed by atoms with Crippen molar-refractivity contribution >= 4 is 27.5 Å². The van der Waals surface area contributed by atoms with Crippen molar-refractivity contribution in [3.05, 3.63) is 45.7 Å². The van der Waals surface area contributed by atoms with Crippen molar-refractivity contribution < 1.29 is 19.0 Å². The Hall–Kier alpha value is -3.04. The van der Waals surface area contributed by atoms with Crippen LogP contribution in [0.3, 0.4) is 0 Å². The minimum atomic E-state index is -0.515. The van der Waals surface area contributed by atoms with Crippen molar-refractivity contribution in [3.63, 3.8) is 0 Å². The number of unbranched alkanes of at least 4 members (excludes halogenated alkanes) is 1. The second-order valence-corrected chi connectivity index (χ2v) is 12.3. The van der Waals surface area contributed by atoms with Crippen LogP contribution in [-0.4, -0.2) is 66.0 Å². The molecule has 2 aromatic heterocycles. The Morgan fingerprint density at radius 1 is 1.10 bits per heavy atom. The summed E-state index contributed by atoms with van der Waals surface area (Å²) in [5.41, 5.74) is 1.43. The third-order valence-electron chi connectivity index (χ3n) is 7.06. The lowest BCUT2D eigenvalue weighted by molar-refractivity contribution is -0.00397. The number of aromatic nitrogens is 1. The average molecular weight is 556 g/mol. The summed E-state index contributed by atoms with van der Waals surface area (Å²) in [5.74, 6) is 1.31. The van der Waals surface area contributed by atoms with Gasteiger partial charge in [0, 0.05) is 60.6 Å². The van der Waals surface area contributed by atoms with Gasteiger partial charge >= 0.3 is 6.09 Å². The highest BCUT2D eigenvalue weighted by molar-refractivity contribution is 7.19. The van der Waals surface area contributed by atoms with Gasteiger partial charge in [-0.1, -0.05) is 25.8 Å². The minimum Gasteiger partial charge on any atom is -0.493 e. The topological polar surface area (TPSA) is 73.2 Å². The summed E-state index contributed by atoms with van der Waals surface area (Å²) >= 11 is 1.66. The summed E-state index contributed by atoms with van der Waals surface area (Å²) in [6.45, 7) is 10.8. The van der Waals surface area contributed by atoms with Crippen molar-refractivity contribution in [2.24, 2.45) is 7.05 Å². The van der Waals surface area contributed by atoms with Gasteiger partial charge in [-0.2, -0.15) is 0 Å². The van der Waals surface area contributed by atoms with Crippen molar-refractivity contribution in [3.8, 4) is 22.6 Å². The van der Waals surface area contributed by atoms with Crippen LogP contribution in [0.5, 0.6) is 11.5 Å². The predicted octanol–water partition coefficient (Wildman–Crippen LogP) is 5.90. The fourth-order valence-electron chi connectivity index (χ4n) is 5.12. The molecule has 212 valence electrons. The molecule has 0 N–H and O–H groups in total. The van der Waals surface area contributed by atoms with Crippen LogP contribution in [0.4, 0.5) is 4.79 Å². The summed E-state index contributed by atoms with van der Waals surface area (Å²) in [5, 5.41) is 0.722. The molecule has 8 nitrogen and oxygen atoms in total. The Balaban J connectivity index is 1.61. The number of hydrogen-bond donors (Lipinski definition) is 0. The molecule has 1 aliphatic heterocycles. The quantitative estimate of drug-likeness (QED) is 0.345. The Morgan fingerprint density at radius 2 is 1.85 bits per heavy atom. The number of aryl methyl sites for hydroxylation is 1. The summed E-state index contributed by atoms with van der Waals surface area (Å²) < 4.78 is 19.3. The highest BCUT2D eigenvalue weighted by Gasteiger charge is 2.33. The summed E-state index contributed by atoms with van der Waals surface area (Å²) in [4.78, 5) is 31.5.